The third-order valence-corrected chi connectivity index (χ3v) is 6.28. The Balaban J connectivity index is 1.83. The molecule has 1 saturated carbocycles. The molecule has 0 amide bonds. The van der Waals surface area contributed by atoms with E-state index in [4.69, 9.17) is 24.3 Å². The van der Waals surface area contributed by atoms with Crippen LogP contribution in [0.5, 0.6) is 17.2 Å². The molecule has 164 valence electrons. The minimum Gasteiger partial charge on any atom is -0.493 e. The van der Waals surface area contributed by atoms with E-state index in [1.165, 1.54) is 19.3 Å². The van der Waals surface area contributed by atoms with Gasteiger partial charge in [-0.1, -0.05) is 19.3 Å². The predicted molar refractivity (Wildman–Crippen MR) is 124 cm³/mol. The number of rotatable bonds is 7. The van der Waals surface area contributed by atoms with E-state index in [1.54, 1.807) is 32.7 Å². The minimum atomic E-state index is 0.354. The van der Waals surface area contributed by atoms with Gasteiger partial charge in [0.25, 0.3) is 0 Å². The van der Waals surface area contributed by atoms with Gasteiger partial charge in [0.2, 0.25) is 10.6 Å². The molecule has 0 radical (unpaired) electrons. The van der Waals surface area contributed by atoms with E-state index in [0.29, 0.717) is 23.3 Å². The summed E-state index contributed by atoms with van der Waals surface area (Å²) in [5.41, 5.74) is 2.76. The SMILES string of the molecule is COc1cc(-c2csc(=NC3CCCCC3)n2N=Cc2ccc[nH]2)cc(OC)c1OC. The number of hydrogen-bond donors (Lipinski definition) is 1. The predicted octanol–water partition coefficient (Wildman–Crippen LogP) is 4.69. The molecule has 1 N–H and O–H groups in total. The van der Waals surface area contributed by atoms with Gasteiger partial charge in [-0.25, -0.2) is 4.68 Å². The molecule has 2 aromatic heterocycles. The van der Waals surface area contributed by atoms with Crippen LogP contribution in [0.4, 0.5) is 0 Å². The lowest BCUT2D eigenvalue weighted by molar-refractivity contribution is 0.324. The van der Waals surface area contributed by atoms with Gasteiger partial charge < -0.3 is 19.2 Å². The van der Waals surface area contributed by atoms with E-state index >= 15 is 0 Å². The van der Waals surface area contributed by atoms with Gasteiger partial charge in [0.1, 0.15) is 0 Å². The minimum absolute atomic E-state index is 0.354. The molecule has 1 aliphatic carbocycles. The lowest BCUT2D eigenvalue weighted by Crippen LogP contribution is -2.19. The fourth-order valence-corrected chi connectivity index (χ4v) is 4.75. The maximum atomic E-state index is 5.55. The highest BCUT2D eigenvalue weighted by Crippen LogP contribution is 2.41. The van der Waals surface area contributed by atoms with Crippen molar-refractivity contribution in [2.75, 3.05) is 21.3 Å². The zero-order valence-electron chi connectivity index (χ0n) is 18.1. The molecule has 0 aliphatic heterocycles. The molecule has 1 aliphatic rings. The summed E-state index contributed by atoms with van der Waals surface area (Å²) < 4.78 is 18.5. The highest BCUT2D eigenvalue weighted by molar-refractivity contribution is 7.07. The molecule has 0 bridgehead atoms. The molecule has 1 fully saturated rings. The fraction of sp³-hybridized carbons (Fsp3) is 0.391. The Hall–Kier alpha value is -3.00. The van der Waals surface area contributed by atoms with E-state index in [9.17, 15) is 0 Å². The van der Waals surface area contributed by atoms with Crippen LogP contribution in [0.15, 0.2) is 45.9 Å². The van der Waals surface area contributed by atoms with Crippen molar-refractivity contribution in [2.45, 2.75) is 38.1 Å². The van der Waals surface area contributed by atoms with Gasteiger partial charge in [-0.15, -0.1) is 11.3 Å². The number of nitrogens with one attached hydrogen (secondary N) is 1. The standard InChI is InChI=1S/C23H28N4O3S/c1-28-20-12-16(13-21(29-2)22(20)30-3)19-15-31-23(26-17-8-5-4-6-9-17)27(19)25-14-18-10-7-11-24-18/h7,10-15,17,24H,4-6,8-9H2,1-3H3. The van der Waals surface area contributed by atoms with Crippen LogP contribution >= 0.6 is 11.3 Å². The Labute approximate surface area is 186 Å². The molecular formula is C23H28N4O3S. The molecule has 2 heterocycles. The van der Waals surface area contributed by atoms with Crippen molar-refractivity contribution in [1.82, 2.24) is 9.66 Å². The van der Waals surface area contributed by atoms with Crippen LogP contribution in [0, 0.1) is 0 Å². The van der Waals surface area contributed by atoms with Crippen molar-refractivity contribution in [3.63, 3.8) is 0 Å². The molecule has 0 unspecified atom stereocenters. The maximum absolute atomic E-state index is 5.55. The van der Waals surface area contributed by atoms with Gasteiger partial charge in [0.15, 0.2) is 11.5 Å². The summed E-state index contributed by atoms with van der Waals surface area (Å²) in [5, 5.41) is 6.85. The van der Waals surface area contributed by atoms with Crippen LogP contribution in [-0.4, -0.2) is 43.2 Å². The van der Waals surface area contributed by atoms with Crippen molar-refractivity contribution in [3.8, 4) is 28.5 Å². The lowest BCUT2D eigenvalue weighted by Gasteiger charge is -2.17. The molecule has 0 saturated heterocycles. The Morgan fingerprint density at radius 2 is 1.81 bits per heavy atom. The topological polar surface area (TPSA) is 73.1 Å². The number of nitrogens with zero attached hydrogens (tertiary/aromatic N) is 3. The first-order valence-corrected chi connectivity index (χ1v) is 11.3. The van der Waals surface area contributed by atoms with Crippen molar-refractivity contribution in [1.29, 1.82) is 0 Å². The van der Waals surface area contributed by atoms with Crippen LogP contribution in [-0.2, 0) is 0 Å². The third kappa shape index (κ3) is 4.69. The molecule has 4 rings (SSSR count). The van der Waals surface area contributed by atoms with E-state index in [0.717, 1.165) is 34.6 Å². The average Bonchev–Trinajstić information content (AvgIpc) is 3.47. The number of H-pyrrole nitrogens is 1. The Morgan fingerprint density at radius 1 is 1.06 bits per heavy atom. The van der Waals surface area contributed by atoms with Gasteiger partial charge >= 0.3 is 0 Å². The largest absolute Gasteiger partial charge is 0.493 e. The van der Waals surface area contributed by atoms with Crippen molar-refractivity contribution in [3.05, 3.63) is 46.3 Å². The van der Waals surface area contributed by atoms with Gasteiger partial charge in [-0.2, -0.15) is 5.10 Å². The van der Waals surface area contributed by atoms with Crippen LogP contribution in [0.25, 0.3) is 11.3 Å². The number of thiazole rings is 1. The summed E-state index contributed by atoms with van der Waals surface area (Å²) in [5.74, 6) is 1.78. The summed E-state index contributed by atoms with van der Waals surface area (Å²) in [6.45, 7) is 0. The second kappa shape index (κ2) is 9.87. The van der Waals surface area contributed by atoms with Crippen molar-refractivity contribution in [2.24, 2.45) is 10.1 Å². The number of benzene rings is 1. The number of methoxy groups -OCH3 is 3. The van der Waals surface area contributed by atoms with Crippen LogP contribution < -0.4 is 19.0 Å². The van der Waals surface area contributed by atoms with E-state index in [-0.39, 0.29) is 0 Å². The molecule has 7 nitrogen and oxygen atoms in total. The number of hydrogen-bond acceptors (Lipinski definition) is 6. The third-order valence-electron chi connectivity index (χ3n) is 5.45. The van der Waals surface area contributed by atoms with Crippen LogP contribution in [0.3, 0.4) is 0 Å². The normalized spacial score (nSPS) is 15.5. The molecule has 3 aromatic rings. The number of aromatic amines is 1. The van der Waals surface area contributed by atoms with Gasteiger partial charge in [0, 0.05) is 17.1 Å². The van der Waals surface area contributed by atoms with Crippen molar-refractivity contribution >= 4 is 17.6 Å². The Bertz CT molecular complexity index is 1070. The molecule has 31 heavy (non-hydrogen) atoms. The van der Waals surface area contributed by atoms with Gasteiger partial charge in [-0.05, 0) is 37.1 Å². The average molecular weight is 441 g/mol. The highest BCUT2D eigenvalue weighted by Gasteiger charge is 2.18. The van der Waals surface area contributed by atoms with Crippen LogP contribution in [0.1, 0.15) is 37.8 Å². The molecule has 0 atom stereocenters. The first kappa shape index (κ1) is 21.2. The lowest BCUT2D eigenvalue weighted by atomic mass is 9.96. The quantitative estimate of drug-likeness (QED) is 0.542. The Morgan fingerprint density at radius 3 is 2.42 bits per heavy atom. The number of ether oxygens (including phenoxy) is 3. The summed E-state index contributed by atoms with van der Waals surface area (Å²) in [4.78, 5) is 9.11. The first-order chi connectivity index (χ1) is 15.2. The highest BCUT2D eigenvalue weighted by atomic mass is 32.1. The zero-order chi connectivity index (χ0) is 21.6. The summed E-state index contributed by atoms with van der Waals surface area (Å²) >= 11 is 1.60. The first-order valence-electron chi connectivity index (χ1n) is 10.5. The smallest absolute Gasteiger partial charge is 0.206 e. The zero-order valence-corrected chi connectivity index (χ0v) is 18.9. The van der Waals surface area contributed by atoms with Gasteiger partial charge in [-0.3, -0.25) is 4.99 Å². The Kier molecular flexibility index (Phi) is 6.76. The number of aromatic nitrogens is 2. The summed E-state index contributed by atoms with van der Waals surface area (Å²) in [7, 11) is 4.85. The molecule has 8 heteroatoms. The van der Waals surface area contributed by atoms with E-state index in [2.05, 4.69) is 10.4 Å². The van der Waals surface area contributed by atoms with E-state index in [1.807, 2.05) is 41.4 Å². The van der Waals surface area contributed by atoms with Crippen LogP contribution in [0.2, 0.25) is 0 Å². The molecule has 1 aromatic carbocycles. The van der Waals surface area contributed by atoms with E-state index < -0.39 is 0 Å². The molecular weight excluding hydrogens is 412 g/mol. The van der Waals surface area contributed by atoms with Gasteiger partial charge in [0.05, 0.1) is 45.0 Å². The summed E-state index contributed by atoms with van der Waals surface area (Å²) in [6.07, 6.45) is 9.75. The second-order valence-electron chi connectivity index (χ2n) is 7.42. The maximum Gasteiger partial charge on any atom is 0.206 e. The van der Waals surface area contributed by atoms with Crippen molar-refractivity contribution < 1.29 is 14.2 Å². The molecule has 0 spiro atoms. The second-order valence-corrected chi connectivity index (χ2v) is 8.26. The monoisotopic (exact) mass is 440 g/mol. The summed E-state index contributed by atoms with van der Waals surface area (Å²) in [6, 6.07) is 8.16. The fourth-order valence-electron chi connectivity index (χ4n) is 3.84.